The van der Waals surface area contributed by atoms with Gasteiger partial charge in [0.1, 0.15) is 12.4 Å². The fraction of sp³-hybridized carbons (Fsp3) is 0.500. The Bertz CT molecular complexity index is 290. The second kappa shape index (κ2) is 5.57. The minimum atomic E-state index is -0.185. The monoisotopic (exact) mass is 198 g/mol. The highest BCUT2D eigenvalue weighted by atomic mass is 16.5. The Labute approximate surface area is 82.5 Å². The number of carbonyl (C=O) groups excluding carboxylic acids is 1. The van der Waals surface area contributed by atoms with Gasteiger partial charge in [0.25, 0.3) is 0 Å². The molecule has 0 aromatic carbocycles. The molecule has 1 aromatic heterocycles. The predicted molar refractivity (Wildman–Crippen MR) is 50.1 cm³/mol. The van der Waals surface area contributed by atoms with Gasteiger partial charge >= 0.3 is 0 Å². The zero-order valence-electron chi connectivity index (χ0n) is 8.16. The van der Waals surface area contributed by atoms with Crippen LogP contribution in [0.2, 0.25) is 0 Å². The van der Waals surface area contributed by atoms with Gasteiger partial charge in [-0.25, -0.2) is 0 Å². The molecule has 4 heteroatoms. The maximum atomic E-state index is 11.2. The van der Waals surface area contributed by atoms with E-state index < -0.39 is 0 Å². The number of aliphatic hydroxyl groups is 1. The summed E-state index contributed by atoms with van der Waals surface area (Å²) in [4.78, 5) is 11.2. The van der Waals surface area contributed by atoms with Crippen LogP contribution >= 0.6 is 0 Å². The average Bonchev–Trinajstić information content (AvgIpc) is 2.63. The van der Waals surface area contributed by atoms with Gasteiger partial charge in [0.15, 0.2) is 11.5 Å². The molecule has 78 valence electrons. The maximum absolute atomic E-state index is 11.2. The molecule has 1 aromatic rings. The normalized spacial score (nSPS) is 10.4. The van der Waals surface area contributed by atoms with Crippen molar-refractivity contribution in [1.82, 2.24) is 0 Å². The van der Waals surface area contributed by atoms with Gasteiger partial charge in [0.05, 0.1) is 6.61 Å². The van der Waals surface area contributed by atoms with E-state index in [2.05, 4.69) is 0 Å². The molecule has 0 aliphatic heterocycles. The summed E-state index contributed by atoms with van der Waals surface area (Å²) in [7, 11) is 0. The second-order valence-corrected chi connectivity index (χ2v) is 2.80. The van der Waals surface area contributed by atoms with Crippen LogP contribution in [-0.2, 0) is 11.3 Å². The molecule has 0 atom stereocenters. The fourth-order valence-corrected chi connectivity index (χ4v) is 1.03. The molecule has 0 spiro atoms. The lowest BCUT2D eigenvalue weighted by Gasteiger charge is -1.96. The zero-order chi connectivity index (χ0) is 10.4. The van der Waals surface area contributed by atoms with Crippen molar-refractivity contribution in [2.24, 2.45) is 0 Å². The van der Waals surface area contributed by atoms with Gasteiger partial charge in [-0.15, -0.1) is 0 Å². The summed E-state index contributed by atoms with van der Waals surface area (Å²) in [5, 5.41) is 8.56. The van der Waals surface area contributed by atoms with Crippen molar-refractivity contribution in [3.05, 3.63) is 23.7 Å². The fourth-order valence-electron chi connectivity index (χ4n) is 1.03. The minimum absolute atomic E-state index is 0.0988. The molecule has 1 heterocycles. The van der Waals surface area contributed by atoms with Crippen molar-refractivity contribution in [3.63, 3.8) is 0 Å². The van der Waals surface area contributed by atoms with Crippen LogP contribution in [-0.4, -0.2) is 24.1 Å². The molecule has 0 bridgehead atoms. The molecule has 4 nitrogen and oxygen atoms in total. The molecule has 14 heavy (non-hydrogen) atoms. The van der Waals surface area contributed by atoms with E-state index in [1.165, 1.54) is 0 Å². The molecule has 0 saturated heterocycles. The summed E-state index contributed by atoms with van der Waals surface area (Å²) in [6, 6.07) is 3.31. The summed E-state index contributed by atoms with van der Waals surface area (Å²) in [5.74, 6) is 0.733. The molecule has 1 N–H and O–H groups in total. The molecule has 0 saturated carbocycles. The van der Waals surface area contributed by atoms with Crippen LogP contribution in [0, 0.1) is 0 Å². The van der Waals surface area contributed by atoms with Gasteiger partial charge in [-0.05, 0) is 19.1 Å². The van der Waals surface area contributed by atoms with Crippen molar-refractivity contribution in [2.75, 3.05) is 13.2 Å². The lowest BCUT2D eigenvalue weighted by molar-refractivity contribution is 0.0910. The summed E-state index contributed by atoms with van der Waals surface area (Å²) < 4.78 is 10.3. The first-order valence-corrected chi connectivity index (χ1v) is 4.58. The number of ketones is 1. The van der Waals surface area contributed by atoms with E-state index in [4.69, 9.17) is 14.3 Å². The summed E-state index contributed by atoms with van der Waals surface area (Å²) in [6.45, 7) is 2.73. The molecular weight excluding hydrogens is 184 g/mol. The standard InChI is InChI=1S/C10H14O4/c1-2-13-7-8-3-4-10(14-8)9(12)5-6-11/h3-4,11H,2,5-7H2,1H3. The Morgan fingerprint density at radius 2 is 2.36 bits per heavy atom. The van der Waals surface area contributed by atoms with Crippen LogP contribution < -0.4 is 0 Å². The Kier molecular flexibility index (Phi) is 4.35. The van der Waals surface area contributed by atoms with E-state index in [1.54, 1.807) is 12.1 Å². The first kappa shape index (κ1) is 10.9. The first-order valence-electron chi connectivity index (χ1n) is 4.58. The summed E-state index contributed by atoms with van der Waals surface area (Å²) >= 11 is 0. The number of hydrogen-bond acceptors (Lipinski definition) is 4. The molecule has 1 rings (SSSR count). The quantitative estimate of drug-likeness (QED) is 0.701. The number of carbonyl (C=O) groups is 1. The van der Waals surface area contributed by atoms with E-state index in [0.29, 0.717) is 19.0 Å². The SMILES string of the molecule is CCOCc1ccc(C(=O)CCO)o1. The number of hydrogen-bond donors (Lipinski definition) is 1. The third-order valence-electron chi connectivity index (χ3n) is 1.72. The number of furan rings is 1. The Morgan fingerprint density at radius 1 is 1.57 bits per heavy atom. The number of Topliss-reactive ketones (excluding diaryl/α,β-unsaturated/α-hetero) is 1. The van der Waals surface area contributed by atoms with Gasteiger partial charge in [0.2, 0.25) is 0 Å². The molecule has 0 aliphatic carbocycles. The molecule has 0 fully saturated rings. The van der Waals surface area contributed by atoms with Crippen molar-refractivity contribution < 1.29 is 19.1 Å². The summed E-state index contributed by atoms with van der Waals surface area (Å²) in [6.07, 6.45) is 0.0988. The van der Waals surface area contributed by atoms with Crippen molar-refractivity contribution >= 4 is 5.78 Å². The number of ether oxygens (including phenoxy) is 1. The molecular formula is C10H14O4. The van der Waals surface area contributed by atoms with Crippen LogP contribution in [0.5, 0.6) is 0 Å². The topological polar surface area (TPSA) is 59.7 Å². The highest BCUT2D eigenvalue weighted by molar-refractivity contribution is 5.93. The smallest absolute Gasteiger partial charge is 0.200 e. The van der Waals surface area contributed by atoms with Crippen molar-refractivity contribution in [2.45, 2.75) is 20.0 Å². The molecule has 0 amide bonds. The second-order valence-electron chi connectivity index (χ2n) is 2.80. The Hall–Kier alpha value is -1.13. The van der Waals surface area contributed by atoms with Gasteiger partial charge < -0.3 is 14.3 Å². The van der Waals surface area contributed by atoms with Crippen molar-refractivity contribution in [3.8, 4) is 0 Å². The zero-order valence-corrected chi connectivity index (χ0v) is 8.16. The van der Waals surface area contributed by atoms with E-state index in [9.17, 15) is 4.79 Å². The van der Waals surface area contributed by atoms with E-state index in [-0.39, 0.29) is 24.6 Å². The minimum Gasteiger partial charge on any atom is -0.456 e. The van der Waals surface area contributed by atoms with E-state index >= 15 is 0 Å². The first-order chi connectivity index (χ1) is 6.77. The van der Waals surface area contributed by atoms with Gasteiger partial charge in [-0.2, -0.15) is 0 Å². The third-order valence-corrected chi connectivity index (χ3v) is 1.72. The predicted octanol–water partition coefficient (Wildman–Crippen LogP) is 1.38. The number of rotatable bonds is 6. The molecule has 0 radical (unpaired) electrons. The van der Waals surface area contributed by atoms with E-state index in [0.717, 1.165) is 0 Å². The highest BCUT2D eigenvalue weighted by Gasteiger charge is 2.10. The lowest BCUT2D eigenvalue weighted by atomic mass is 10.2. The molecule has 0 unspecified atom stereocenters. The van der Waals surface area contributed by atoms with Gasteiger partial charge in [-0.3, -0.25) is 4.79 Å². The summed E-state index contributed by atoms with van der Waals surface area (Å²) in [5.41, 5.74) is 0. The molecule has 0 aliphatic rings. The van der Waals surface area contributed by atoms with Crippen LogP contribution in [0.1, 0.15) is 29.7 Å². The maximum Gasteiger partial charge on any atom is 0.200 e. The highest BCUT2D eigenvalue weighted by Crippen LogP contribution is 2.10. The number of aliphatic hydroxyl groups excluding tert-OH is 1. The lowest BCUT2D eigenvalue weighted by Crippen LogP contribution is -1.99. The third kappa shape index (κ3) is 2.97. The largest absolute Gasteiger partial charge is 0.456 e. The average molecular weight is 198 g/mol. The van der Waals surface area contributed by atoms with Crippen LogP contribution in [0.15, 0.2) is 16.5 Å². The van der Waals surface area contributed by atoms with Crippen molar-refractivity contribution in [1.29, 1.82) is 0 Å². The van der Waals surface area contributed by atoms with Gasteiger partial charge in [-0.1, -0.05) is 0 Å². The Balaban J connectivity index is 2.54. The van der Waals surface area contributed by atoms with E-state index in [1.807, 2.05) is 6.92 Å². The van der Waals surface area contributed by atoms with Crippen LogP contribution in [0.4, 0.5) is 0 Å². The van der Waals surface area contributed by atoms with Crippen LogP contribution in [0.25, 0.3) is 0 Å². The Morgan fingerprint density at radius 3 is 3.00 bits per heavy atom. The van der Waals surface area contributed by atoms with Gasteiger partial charge in [0, 0.05) is 13.0 Å². The van der Waals surface area contributed by atoms with Crippen LogP contribution in [0.3, 0.4) is 0 Å².